The third-order valence-electron chi connectivity index (χ3n) is 1.57. The van der Waals surface area contributed by atoms with E-state index in [9.17, 15) is 0 Å². The zero-order chi connectivity index (χ0) is 10.1. The van der Waals surface area contributed by atoms with Crippen molar-refractivity contribution < 1.29 is 9.57 Å². The third-order valence-corrected chi connectivity index (χ3v) is 2.88. The highest BCUT2D eigenvalue weighted by atomic mass is 79.9. The molecule has 0 saturated carbocycles. The highest BCUT2D eigenvalue weighted by Gasteiger charge is 2.46. The summed E-state index contributed by atoms with van der Waals surface area (Å²) in [5.74, 6) is 0. The van der Waals surface area contributed by atoms with E-state index in [0.717, 1.165) is 0 Å². The molecule has 13 heavy (non-hydrogen) atoms. The number of rotatable bonds is 2. The molecule has 1 fully saturated rings. The van der Waals surface area contributed by atoms with Gasteiger partial charge in [0.25, 0.3) is 5.18 Å². The van der Waals surface area contributed by atoms with Crippen molar-refractivity contribution in [2.75, 3.05) is 13.7 Å². The van der Waals surface area contributed by atoms with E-state index in [4.69, 9.17) is 16.3 Å². The minimum atomic E-state index is -1.10. The summed E-state index contributed by atoms with van der Waals surface area (Å²) < 4.78 is 5.75. The van der Waals surface area contributed by atoms with Gasteiger partial charge in [-0.25, -0.2) is 0 Å². The first-order chi connectivity index (χ1) is 5.90. The molecule has 76 valence electrons. The Kier molecular flexibility index (Phi) is 3.22. The predicted molar refractivity (Wildman–Crippen MR) is 55.1 cm³/mol. The van der Waals surface area contributed by atoms with E-state index in [2.05, 4.69) is 31.2 Å². The maximum atomic E-state index is 6.09. The van der Waals surface area contributed by atoms with Crippen LogP contribution in [0.1, 0.15) is 13.8 Å². The van der Waals surface area contributed by atoms with Gasteiger partial charge in [-0.2, -0.15) is 0 Å². The minimum absolute atomic E-state index is 0.163. The molecule has 1 aliphatic heterocycles. The van der Waals surface area contributed by atoms with Gasteiger partial charge in [-0.05, 0) is 29.8 Å². The first kappa shape index (κ1) is 11.2. The highest BCUT2D eigenvalue weighted by Crippen LogP contribution is 2.30. The van der Waals surface area contributed by atoms with Crippen molar-refractivity contribution in [3.63, 3.8) is 0 Å². The first-order valence-electron chi connectivity index (χ1n) is 3.79. The number of nitrogens with zero attached hydrogens (tertiary/aromatic N) is 1. The van der Waals surface area contributed by atoms with E-state index in [0.29, 0.717) is 11.2 Å². The number of alkyl halides is 1. The summed E-state index contributed by atoms with van der Waals surface area (Å²) in [5.41, 5.74) is -0.163. The lowest BCUT2D eigenvalue weighted by Gasteiger charge is -2.22. The zero-order valence-electron chi connectivity index (χ0n) is 7.73. The second-order valence-electron chi connectivity index (χ2n) is 3.46. The average Bonchev–Trinajstić information content (AvgIpc) is 2.28. The molecule has 0 radical (unpaired) electrons. The van der Waals surface area contributed by atoms with Gasteiger partial charge in [0.15, 0.2) is 4.62 Å². The van der Waals surface area contributed by atoms with Crippen LogP contribution in [0.4, 0.5) is 0 Å². The van der Waals surface area contributed by atoms with Gasteiger partial charge < -0.3 is 9.57 Å². The molecular weight excluding hydrogens is 259 g/mol. The van der Waals surface area contributed by atoms with Crippen LogP contribution in [0.3, 0.4) is 0 Å². The molecule has 0 aromatic heterocycles. The Morgan fingerprint density at radius 1 is 1.69 bits per heavy atom. The van der Waals surface area contributed by atoms with E-state index in [1.165, 1.54) is 7.11 Å². The molecule has 1 unspecified atom stereocenters. The van der Waals surface area contributed by atoms with Gasteiger partial charge in [0, 0.05) is 5.54 Å². The van der Waals surface area contributed by atoms with Crippen molar-refractivity contribution in [1.82, 2.24) is 5.32 Å². The number of oxime groups is 1. The van der Waals surface area contributed by atoms with Crippen LogP contribution in [-0.2, 0) is 9.57 Å². The second kappa shape index (κ2) is 3.73. The zero-order valence-corrected chi connectivity index (χ0v) is 10.1. The van der Waals surface area contributed by atoms with Crippen molar-refractivity contribution in [1.29, 1.82) is 0 Å². The van der Waals surface area contributed by atoms with Gasteiger partial charge in [0.2, 0.25) is 0 Å². The lowest BCUT2D eigenvalue weighted by atomic mass is 10.1. The summed E-state index contributed by atoms with van der Waals surface area (Å²) in [7, 11) is 1.45. The second-order valence-corrected chi connectivity index (χ2v) is 4.74. The number of halogens is 2. The SMILES string of the molecule is CO/N=C(/Br)C1(Cl)NC(C)(C)CO1. The fourth-order valence-electron chi connectivity index (χ4n) is 1.04. The Morgan fingerprint density at radius 3 is 2.69 bits per heavy atom. The third kappa shape index (κ3) is 2.56. The summed E-state index contributed by atoms with van der Waals surface area (Å²) in [6.07, 6.45) is 0. The van der Waals surface area contributed by atoms with E-state index in [1.807, 2.05) is 13.8 Å². The van der Waals surface area contributed by atoms with Crippen LogP contribution in [-0.4, -0.2) is 29.1 Å². The van der Waals surface area contributed by atoms with Crippen molar-refractivity contribution in [3.8, 4) is 0 Å². The first-order valence-corrected chi connectivity index (χ1v) is 4.96. The van der Waals surface area contributed by atoms with Gasteiger partial charge >= 0.3 is 0 Å². The monoisotopic (exact) mass is 270 g/mol. The number of hydrogen-bond donors (Lipinski definition) is 1. The molecular formula is C7H12BrClN2O2. The van der Waals surface area contributed by atoms with Gasteiger partial charge in [-0.3, -0.25) is 5.32 Å². The molecule has 1 heterocycles. The standard InChI is InChI=1S/C7H12BrClN2O2/c1-6(2)4-13-7(9,11-6)5(8)10-12-3/h11H,4H2,1-3H3/b10-5+. The summed E-state index contributed by atoms with van der Waals surface area (Å²) in [6.45, 7) is 4.50. The Hall–Kier alpha value is 0.160. The summed E-state index contributed by atoms with van der Waals surface area (Å²) >= 11 is 9.27. The van der Waals surface area contributed by atoms with Crippen molar-refractivity contribution in [2.45, 2.75) is 24.6 Å². The molecule has 0 aromatic carbocycles. The lowest BCUT2D eigenvalue weighted by Crippen LogP contribution is -2.48. The molecule has 0 spiro atoms. The fourth-order valence-corrected chi connectivity index (χ4v) is 1.74. The van der Waals surface area contributed by atoms with Gasteiger partial charge in [-0.15, -0.1) is 0 Å². The molecule has 1 rings (SSSR count). The normalized spacial score (nSPS) is 33.5. The van der Waals surface area contributed by atoms with Crippen molar-refractivity contribution >= 4 is 32.2 Å². The molecule has 1 N–H and O–H groups in total. The Labute approximate surface area is 90.7 Å². The minimum Gasteiger partial charge on any atom is -0.398 e. The van der Waals surface area contributed by atoms with Crippen LogP contribution in [0, 0.1) is 0 Å². The van der Waals surface area contributed by atoms with E-state index in [-0.39, 0.29) is 5.54 Å². The van der Waals surface area contributed by atoms with Crippen molar-refractivity contribution in [3.05, 3.63) is 0 Å². The Balaban J connectivity index is 2.75. The van der Waals surface area contributed by atoms with Gasteiger partial charge in [-0.1, -0.05) is 16.8 Å². The smallest absolute Gasteiger partial charge is 0.251 e. The highest BCUT2D eigenvalue weighted by molar-refractivity contribution is 9.18. The van der Waals surface area contributed by atoms with Crippen molar-refractivity contribution in [2.24, 2.45) is 5.16 Å². The van der Waals surface area contributed by atoms with Crippen LogP contribution in [0.2, 0.25) is 0 Å². The molecule has 0 aromatic rings. The summed E-state index contributed by atoms with van der Waals surface area (Å²) in [5, 5.41) is 5.64. The van der Waals surface area contributed by atoms with E-state index >= 15 is 0 Å². The van der Waals surface area contributed by atoms with Crippen LogP contribution in [0.25, 0.3) is 0 Å². The molecule has 1 atom stereocenters. The summed E-state index contributed by atoms with van der Waals surface area (Å²) in [4.78, 5) is 4.59. The fraction of sp³-hybridized carbons (Fsp3) is 0.857. The topological polar surface area (TPSA) is 42.8 Å². The van der Waals surface area contributed by atoms with Crippen LogP contribution < -0.4 is 5.32 Å². The molecule has 0 amide bonds. The van der Waals surface area contributed by atoms with E-state index in [1.54, 1.807) is 0 Å². The average molecular weight is 272 g/mol. The Morgan fingerprint density at radius 2 is 2.31 bits per heavy atom. The quantitative estimate of drug-likeness (QED) is 0.359. The maximum absolute atomic E-state index is 6.09. The number of ether oxygens (including phenoxy) is 1. The summed E-state index contributed by atoms with van der Waals surface area (Å²) in [6, 6.07) is 0. The maximum Gasteiger partial charge on any atom is 0.251 e. The lowest BCUT2D eigenvalue weighted by molar-refractivity contribution is 0.111. The molecule has 1 aliphatic rings. The molecule has 0 bridgehead atoms. The molecule has 0 aliphatic carbocycles. The molecule has 4 nitrogen and oxygen atoms in total. The molecule has 6 heteroatoms. The van der Waals surface area contributed by atoms with Crippen LogP contribution >= 0.6 is 27.5 Å². The largest absolute Gasteiger partial charge is 0.398 e. The van der Waals surface area contributed by atoms with Gasteiger partial charge in [0.1, 0.15) is 7.11 Å². The Bertz CT molecular complexity index is 235. The van der Waals surface area contributed by atoms with Gasteiger partial charge in [0.05, 0.1) is 6.61 Å². The van der Waals surface area contributed by atoms with E-state index < -0.39 is 5.18 Å². The predicted octanol–water partition coefficient (Wildman–Crippen LogP) is 1.63. The number of hydrogen-bond acceptors (Lipinski definition) is 4. The van der Waals surface area contributed by atoms with Crippen LogP contribution in [0.15, 0.2) is 5.16 Å². The molecule has 1 saturated heterocycles. The number of nitrogens with one attached hydrogen (secondary N) is 1. The van der Waals surface area contributed by atoms with Crippen LogP contribution in [0.5, 0.6) is 0 Å².